The number of benzene rings is 1. The minimum absolute atomic E-state index is 0.0411. The topological polar surface area (TPSA) is 49.4 Å². The molecule has 2 atom stereocenters. The summed E-state index contributed by atoms with van der Waals surface area (Å²) >= 11 is 0. The van der Waals surface area contributed by atoms with E-state index < -0.39 is 11.9 Å². The number of carbonyl (C=O) groups excluding carboxylic acids is 2. The van der Waals surface area contributed by atoms with Crippen LogP contribution in [0, 0.1) is 11.7 Å². The second-order valence-corrected chi connectivity index (χ2v) is 5.81. The van der Waals surface area contributed by atoms with Crippen LogP contribution in [-0.2, 0) is 9.59 Å². The molecule has 5 heteroatoms. The molecule has 2 aliphatic rings. The minimum atomic E-state index is -0.734. The van der Waals surface area contributed by atoms with E-state index in [1.165, 1.54) is 12.1 Å². The van der Waals surface area contributed by atoms with E-state index in [0.29, 0.717) is 25.1 Å². The molecule has 3 rings (SSSR count). The molecule has 0 radical (unpaired) electrons. The van der Waals surface area contributed by atoms with Gasteiger partial charge in [-0.1, -0.05) is 24.3 Å². The first-order chi connectivity index (χ1) is 10.6. The maximum absolute atomic E-state index is 13.5. The fourth-order valence-corrected chi connectivity index (χ4v) is 3.15. The zero-order chi connectivity index (χ0) is 15.5. The Morgan fingerprint density at radius 2 is 2.27 bits per heavy atom. The Morgan fingerprint density at radius 3 is 3.00 bits per heavy atom. The van der Waals surface area contributed by atoms with Gasteiger partial charge in [-0.2, -0.15) is 0 Å². The number of nitrogens with zero attached hydrogens (tertiary/aromatic N) is 1. The lowest BCUT2D eigenvalue weighted by Gasteiger charge is -2.35. The molecule has 1 aliphatic carbocycles. The number of hydrogen-bond donors (Lipinski definition) is 1. The van der Waals surface area contributed by atoms with Gasteiger partial charge in [0.2, 0.25) is 11.8 Å². The van der Waals surface area contributed by atoms with Gasteiger partial charge in [0.15, 0.2) is 0 Å². The van der Waals surface area contributed by atoms with Gasteiger partial charge < -0.3 is 10.2 Å². The Balaban J connectivity index is 1.81. The molecule has 1 saturated heterocycles. The maximum Gasteiger partial charge on any atom is 0.247 e. The molecule has 0 spiro atoms. The molecule has 2 amide bonds. The lowest BCUT2D eigenvalue weighted by Crippen LogP contribution is -2.52. The van der Waals surface area contributed by atoms with Crippen molar-refractivity contribution in [3.8, 4) is 0 Å². The third-order valence-electron chi connectivity index (χ3n) is 4.25. The third kappa shape index (κ3) is 3.03. The van der Waals surface area contributed by atoms with E-state index in [2.05, 4.69) is 17.5 Å². The van der Waals surface area contributed by atoms with Gasteiger partial charge in [-0.3, -0.25) is 9.59 Å². The van der Waals surface area contributed by atoms with Gasteiger partial charge in [0, 0.05) is 19.5 Å². The highest BCUT2D eigenvalue weighted by Gasteiger charge is 2.35. The second kappa shape index (κ2) is 6.30. The van der Waals surface area contributed by atoms with Gasteiger partial charge in [-0.25, -0.2) is 4.39 Å². The second-order valence-electron chi connectivity index (χ2n) is 5.81. The van der Waals surface area contributed by atoms with E-state index in [9.17, 15) is 14.0 Å². The van der Waals surface area contributed by atoms with Gasteiger partial charge in [0.05, 0.1) is 0 Å². The van der Waals surface area contributed by atoms with Crippen LogP contribution in [0.5, 0.6) is 0 Å². The van der Waals surface area contributed by atoms with Crippen LogP contribution in [0.25, 0.3) is 0 Å². The highest BCUT2D eigenvalue weighted by atomic mass is 19.1. The van der Waals surface area contributed by atoms with E-state index in [4.69, 9.17) is 0 Å². The summed E-state index contributed by atoms with van der Waals surface area (Å²) in [5.74, 6) is -0.430. The predicted molar refractivity (Wildman–Crippen MR) is 80.3 cm³/mol. The lowest BCUT2D eigenvalue weighted by atomic mass is 9.99. The zero-order valence-electron chi connectivity index (χ0n) is 12.3. The van der Waals surface area contributed by atoms with Crippen LogP contribution in [0.4, 0.5) is 4.39 Å². The van der Waals surface area contributed by atoms with Crippen LogP contribution >= 0.6 is 0 Å². The number of amides is 2. The van der Waals surface area contributed by atoms with E-state index in [0.717, 1.165) is 12.8 Å². The standard InChI is InChI=1S/C17H19FN2O2/c18-14-7-3-6-13(11-14)16-17(22)19-8-9-20(16)15(21)10-12-4-1-2-5-12/h1,3-4,6-7,11-12,16H,2,5,8-10H2,(H,19,22). The Labute approximate surface area is 129 Å². The van der Waals surface area contributed by atoms with E-state index in [1.807, 2.05) is 0 Å². The Kier molecular flexibility index (Phi) is 4.22. The molecule has 0 saturated carbocycles. The van der Waals surface area contributed by atoms with E-state index >= 15 is 0 Å². The fraction of sp³-hybridized carbons (Fsp3) is 0.412. The van der Waals surface area contributed by atoms with Crippen LogP contribution in [0.3, 0.4) is 0 Å². The van der Waals surface area contributed by atoms with E-state index in [1.54, 1.807) is 17.0 Å². The van der Waals surface area contributed by atoms with Crippen molar-refractivity contribution in [1.82, 2.24) is 10.2 Å². The zero-order valence-corrected chi connectivity index (χ0v) is 12.3. The molecule has 1 fully saturated rings. The summed E-state index contributed by atoms with van der Waals surface area (Å²) < 4.78 is 13.5. The average molecular weight is 302 g/mol. The number of rotatable bonds is 3. The molecule has 2 unspecified atom stereocenters. The van der Waals surface area contributed by atoms with Crippen molar-refractivity contribution in [3.05, 3.63) is 47.8 Å². The van der Waals surface area contributed by atoms with Crippen molar-refractivity contribution >= 4 is 11.8 Å². The summed E-state index contributed by atoms with van der Waals surface area (Å²) in [4.78, 5) is 26.4. The SMILES string of the molecule is O=C1NCCN(C(=O)CC2C=CCC2)C1c1cccc(F)c1. The largest absolute Gasteiger partial charge is 0.352 e. The number of hydrogen-bond acceptors (Lipinski definition) is 2. The summed E-state index contributed by atoms with van der Waals surface area (Å²) in [6, 6.07) is 5.18. The Hall–Kier alpha value is -2.17. The van der Waals surface area contributed by atoms with Crippen LogP contribution < -0.4 is 5.32 Å². The van der Waals surface area contributed by atoms with Gasteiger partial charge >= 0.3 is 0 Å². The van der Waals surface area contributed by atoms with Crippen molar-refractivity contribution in [3.63, 3.8) is 0 Å². The van der Waals surface area contributed by atoms with Crippen molar-refractivity contribution in [2.75, 3.05) is 13.1 Å². The van der Waals surface area contributed by atoms with Crippen molar-refractivity contribution in [2.45, 2.75) is 25.3 Å². The monoisotopic (exact) mass is 302 g/mol. The van der Waals surface area contributed by atoms with Crippen LogP contribution in [0.1, 0.15) is 30.9 Å². The molecule has 22 heavy (non-hydrogen) atoms. The smallest absolute Gasteiger partial charge is 0.247 e. The first-order valence-corrected chi connectivity index (χ1v) is 7.64. The van der Waals surface area contributed by atoms with Gasteiger partial charge in [-0.05, 0) is 36.5 Å². The Morgan fingerprint density at radius 1 is 1.41 bits per heavy atom. The average Bonchev–Trinajstić information content (AvgIpc) is 2.99. The molecular weight excluding hydrogens is 283 g/mol. The number of halogens is 1. The number of allylic oxidation sites excluding steroid dienone is 2. The molecular formula is C17H19FN2O2. The quantitative estimate of drug-likeness (QED) is 0.870. The van der Waals surface area contributed by atoms with Crippen molar-refractivity contribution in [1.29, 1.82) is 0 Å². The summed E-state index contributed by atoms with van der Waals surface area (Å²) in [6.45, 7) is 0.902. The number of piperazine rings is 1. The number of carbonyl (C=O) groups is 2. The molecule has 116 valence electrons. The van der Waals surface area contributed by atoms with Crippen LogP contribution in [-0.4, -0.2) is 29.8 Å². The molecule has 1 heterocycles. The highest BCUT2D eigenvalue weighted by molar-refractivity contribution is 5.90. The lowest BCUT2D eigenvalue weighted by molar-refractivity contribution is -0.144. The summed E-state index contributed by atoms with van der Waals surface area (Å²) in [5, 5.41) is 2.76. The first kappa shape index (κ1) is 14.8. The van der Waals surface area contributed by atoms with Gasteiger partial charge in [0.25, 0.3) is 0 Å². The van der Waals surface area contributed by atoms with E-state index in [-0.39, 0.29) is 17.7 Å². The molecule has 4 nitrogen and oxygen atoms in total. The summed E-state index contributed by atoms with van der Waals surface area (Å²) in [6.07, 6.45) is 6.56. The normalized spacial score (nSPS) is 24.4. The third-order valence-corrected chi connectivity index (χ3v) is 4.25. The van der Waals surface area contributed by atoms with Gasteiger partial charge in [-0.15, -0.1) is 0 Å². The molecule has 1 N–H and O–H groups in total. The molecule has 0 aromatic heterocycles. The number of nitrogens with one attached hydrogen (secondary N) is 1. The Bertz CT molecular complexity index is 614. The van der Waals surface area contributed by atoms with Crippen molar-refractivity contribution in [2.24, 2.45) is 5.92 Å². The van der Waals surface area contributed by atoms with Crippen LogP contribution in [0.15, 0.2) is 36.4 Å². The molecule has 0 bridgehead atoms. The molecule has 1 aromatic rings. The summed E-state index contributed by atoms with van der Waals surface area (Å²) in [5.41, 5.74) is 0.521. The van der Waals surface area contributed by atoms with Crippen LogP contribution in [0.2, 0.25) is 0 Å². The maximum atomic E-state index is 13.5. The summed E-state index contributed by atoms with van der Waals surface area (Å²) in [7, 11) is 0. The molecule has 1 aromatic carbocycles. The minimum Gasteiger partial charge on any atom is -0.352 e. The molecule has 1 aliphatic heterocycles. The first-order valence-electron chi connectivity index (χ1n) is 7.64. The fourth-order valence-electron chi connectivity index (χ4n) is 3.15. The highest BCUT2D eigenvalue weighted by Crippen LogP contribution is 2.27. The van der Waals surface area contributed by atoms with Crippen molar-refractivity contribution < 1.29 is 14.0 Å². The predicted octanol–water partition coefficient (Wildman–Crippen LogP) is 2.18. The van der Waals surface area contributed by atoms with Gasteiger partial charge in [0.1, 0.15) is 11.9 Å².